The fourth-order valence-electron chi connectivity index (χ4n) is 2.04. The molecule has 0 fully saturated rings. The van der Waals surface area contributed by atoms with Gasteiger partial charge in [0.05, 0.1) is 17.3 Å². The summed E-state index contributed by atoms with van der Waals surface area (Å²) < 4.78 is 10.7. The van der Waals surface area contributed by atoms with Crippen molar-refractivity contribution in [1.82, 2.24) is 24.6 Å². The van der Waals surface area contributed by atoms with E-state index in [-0.39, 0.29) is 18.0 Å². The van der Waals surface area contributed by atoms with E-state index in [1.165, 1.54) is 10.7 Å². The third-order valence-corrected chi connectivity index (χ3v) is 5.86. The molecule has 146 valence electrons. The zero-order chi connectivity index (χ0) is 20.3. The van der Waals surface area contributed by atoms with Gasteiger partial charge in [-0.25, -0.2) is 9.48 Å². The predicted molar refractivity (Wildman–Crippen MR) is 105 cm³/mol. The van der Waals surface area contributed by atoms with Crippen molar-refractivity contribution in [2.75, 3.05) is 11.9 Å². The van der Waals surface area contributed by atoms with Crippen LogP contribution in [0.3, 0.4) is 0 Å². The third kappa shape index (κ3) is 4.43. The van der Waals surface area contributed by atoms with Crippen molar-refractivity contribution in [3.05, 3.63) is 39.6 Å². The van der Waals surface area contributed by atoms with Crippen LogP contribution in [0.5, 0.6) is 0 Å². The maximum Gasteiger partial charge on any atom is 0.361 e. The van der Waals surface area contributed by atoms with Crippen molar-refractivity contribution < 1.29 is 14.3 Å². The zero-order valence-electron chi connectivity index (χ0n) is 14.5. The molecule has 0 atom stereocenters. The molecule has 0 aliphatic rings. The molecule has 0 saturated heterocycles. The van der Waals surface area contributed by atoms with Crippen LogP contribution in [0, 0.1) is 0 Å². The first-order valence-electron chi connectivity index (χ1n) is 7.74. The van der Waals surface area contributed by atoms with Crippen LogP contribution >= 0.6 is 46.5 Å². The van der Waals surface area contributed by atoms with Gasteiger partial charge in [-0.15, -0.1) is 10.2 Å². The van der Waals surface area contributed by atoms with Crippen LogP contribution < -0.4 is 5.32 Å². The van der Waals surface area contributed by atoms with Crippen molar-refractivity contribution >= 4 is 64.1 Å². The summed E-state index contributed by atoms with van der Waals surface area (Å²) in [5.74, 6) is -1.11. The number of hydrogen-bond acceptors (Lipinski definition) is 9. The fraction of sp³-hybridized carbons (Fsp3) is 0.200. The van der Waals surface area contributed by atoms with Gasteiger partial charge in [-0.2, -0.15) is 0 Å². The molecular weight excluding hydrogens is 447 g/mol. The van der Waals surface area contributed by atoms with Crippen molar-refractivity contribution in [3.63, 3.8) is 0 Å². The molecule has 0 unspecified atom stereocenters. The lowest BCUT2D eigenvalue weighted by molar-refractivity contribution is 0.0514. The van der Waals surface area contributed by atoms with Crippen LogP contribution in [0.1, 0.15) is 27.9 Å². The van der Waals surface area contributed by atoms with Crippen molar-refractivity contribution in [1.29, 1.82) is 0 Å². The molecule has 0 bridgehead atoms. The minimum absolute atomic E-state index is 0.0508. The van der Waals surface area contributed by atoms with E-state index in [1.54, 1.807) is 26.1 Å². The summed E-state index contributed by atoms with van der Waals surface area (Å²) in [6, 6.07) is 4.70. The van der Waals surface area contributed by atoms with Crippen LogP contribution in [-0.2, 0) is 11.8 Å². The number of ether oxygens (including phenoxy) is 1. The number of carbonyl (C=O) groups is 2. The Bertz CT molecular complexity index is 1040. The fourth-order valence-corrected chi connectivity index (χ4v) is 4.19. The molecule has 13 heteroatoms. The second-order valence-electron chi connectivity index (χ2n) is 5.18. The van der Waals surface area contributed by atoms with Gasteiger partial charge in [-0.3, -0.25) is 4.79 Å². The lowest BCUT2D eigenvalue weighted by atomic mass is 10.3. The Morgan fingerprint density at radius 1 is 1.29 bits per heavy atom. The second kappa shape index (κ2) is 8.86. The highest BCUT2D eigenvalue weighted by molar-refractivity contribution is 8.01. The Kier molecular flexibility index (Phi) is 6.50. The summed E-state index contributed by atoms with van der Waals surface area (Å²) >= 11 is 14.0. The number of hydrogen-bond donors (Lipinski definition) is 1. The Hall–Kier alpha value is -2.21. The van der Waals surface area contributed by atoms with E-state index >= 15 is 0 Å². The number of rotatable bonds is 6. The summed E-state index contributed by atoms with van der Waals surface area (Å²) in [6.07, 6.45) is 0. The highest BCUT2D eigenvalue weighted by atomic mass is 35.5. The number of nitrogens with zero attached hydrogens (tertiary/aromatic N) is 5. The van der Waals surface area contributed by atoms with Crippen molar-refractivity contribution in [2.24, 2.45) is 7.05 Å². The van der Waals surface area contributed by atoms with E-state index < -0.39 is 11.9 Å². The van der Waals surface area contributed by atoms with Crippen LogP contribution in [-0.4, -0.2) is 43.1 Å². The number of anilines is 1. The summed E-state index contributed by atoms with van der Waals surface area (Å²) in [6.45, 7) is 1.90. The van der Waals surface area contributed by atoms with E-state index in [4.69, 9.17) is 27.9 Å². The van der Waals surface area contributed by atoms with Gasteiger partial charge in [0.15, 0.2) is 5.69 Å². The Morgan fingerprint density at radius 2 is 2.07 bits per heavy atom. The van der Waals surface area contributed by atoms with E-state index in [1.807, 2.05) is 0 Å². The van der Waals surface area contributed by atoms with E-state index in [0.717, 1.165) is 23.3 Å². The molecule has 28 heavy (non-hydrogen) atoms. The molecule has 1 amide bonds. The van der Waals surface area contributed by atoms with E-state index in [9.17, 15) is 9.59 Å². The Balaban J connectivity index is 1.84. The summed E-state index contributed by atoms with van der Waals surface area (Å²) in [4.78, 5) is 24.7. The molecule has 9 nitrogen and oxygen atoms in total. The normalized spacial score (nSPS) is 10.7. The number of carbonyl (C=O) groups excluding carboxylic acids is 2. The zero-order valence-corrected chi connectivity index (χ0v) is 17.6. The van der Waals surface area contributed by atoms with Gasteiger partial charge >= 0.3 is 5.97 Å². The number of nitrogens with one attached hydrogen (secondary N) is 1. The molecule has 0 spiro atoms. The van der Waals surface area contributed by atoms with Gasteiger partial charge in [-0.05, 0) is 36.7 Å². The van der Waals surface area contributed by atoms with E-state index in [0.29, 0.717) is 25.0 Å². The summed E-state index contributed by atoms with van der Waals surface area (Å²) in [5, 5.41) is 15.4. The topological polar surface area (TPSA) is 112 Å². The maximum atomic E-state index is 12.6. The monoisotopic (exact) mass is 458 g/mol. The first-order valence-corrected chi connectivity index (χ1v) is 10.1. The lowest BCUT2D eigenvalue weighted by Crippen LogP contribution is -2.14. The Labute approximate surface area is 177 Å². The SMILES string of the molecule is CCOC(=O)c1nnn(C)c1Sc1snnc1C(=O)Nc1ccc(Cl)cc1Cl. The van der Waals surface area contributed by atoms with Crippen LogP contribution in [0.4, 0.5) is 5.69 Å². The van der Waals surface area contributed by atoms with Gasteiger partial charge in [0.1, 0.15) is 9.24 Å². The lowest BCUT2D eigenvalue weighted by Gasteiger charge is -2.07. The largest absolute Gasteiger partial charge is 0.461 e. The average molecular weight is 459 g/mol. The molecule has 3 aromatic rings. The molecule has 1 N–H and O–H groups in total. The number of aromatic nitrogens is 5. The molecule has 0 aliphatic heterocycles. The van der Waals surface area contributed by atoms with E-state index in [2.05, 4.69) is 25.2 Å². The Morgan fingerprint density at radius 3 is 2.79 bits per heavy atom. The smallest absolute Gasteiger partial charge is 0.361 e. The highest BCUT2D eigenvalue weighted by Gasteiger charge is 2.25. The summed E-state index contributed by atoms with van der Waals surface area (Å²) in [7, 11) is 1.62. The predicted octanol–water partition coefficient (Wildman–Crippen LogP) is 3.55. The van der Waals surface area contributed by atoms with Gasteiger partial charge in [0.25, 0.3) is 5.91 Å². The number of halogens is 2. The molecule has 2 heterocycles. The number of amides is 1. The van der Waals surface area contributed by atoms with Crippen molar-refractivity contribution in [3.8, 4) is 0 Å². The number of aryl methyl sites for hydroxylation is 1. The third-order valence-electron chi connectivity index (χ3n) is 3.29. The first kappa shape index (κ1) is 20.5. The van der Waals surface area contributed by atoms with Crippen molar-refractivity contribution in [2.45, 2.75) is 16.2 Å². The minimum Gasteiger partial charge on any atom is -0.461 e. The van der Waals surface area contributed by atoms with Gasteiger partial charge < -0.3 is 10.1 Å². The molecule has 0 radical (unpaired) electrons. The van der Waals surface area contributed by atoms with Crippen LogP contribution in [0.2, 0.25) is 10.0 Å². The molecule has 3 rings (SSSR count). The quantitative estimate of drug-likeness (QED) is 0.557. The second-order valence-corrected chi connectivity index (χ2v) is 8.03. The van der Waals surface area contributed by atoms with Gasteiger partial charge in [-0.1, -0.05) is 44.7 Å². The average Bonchev–Trinajstić information content (AvgIpc) is 3.25. The van der Waals surface area contributed by atoms with Gasteiger partial charge in [0.2, 0.25) is 5.69 Å². The van der Waals surface area contributed by atoms with Gasteiger partial charge in [0, 0.05) is 12.1 Å². The molecule has 0 aliphatic carbocycles. The molecular formula is C15H12Cl2N6O3S2. The number of benzene rings is 1. The maximum absolute atomic E-state index is 12.6. The number of esters is 1. The minimum atomic E-state index is -0.602. The highest BCUT2D eigenvalue weighted by Crippen LogP contribution is 2.34. The molecule has 2 aromatic heterocycles. The first-order chi connectivity index (χ1) is 13.4. The molecule has 1 aromatic carbocycles. The molecule has 0 saturated carbocycles. The van der Waals surface area contributed by atoms with Crippen LogP contribution in [0.15, 0.2) is 27.4 Å². The summed E-state index contributed by atoms with van der Waals surface area (Å²) in [5.41, 5.74) is 0.515. The van der Waals surface area contributed by atoms with Crippen LogP contribution in [0.25, 0.3) is 0 Å². The standard InChI is InChI=1S/C15H12Cl2N6O3S2/c1-3-26-14(25)11-13(23(2)21-19-11)27-15-10(20-22-28-15)12(24)18-9-5-4-7(16)6-8(9)17/h4-6H,3H2,1-2H3,(H,18,24).